The minimum Gasteiger partial charge on any atom is -0.366 e. The number of fused-ring (bicyclic) bond motifs is 1. The maximum absolute atomic E-state index is 5.57. The smallest absolute Gasteiger partial charge is 0.240 e. The van der Waals surface area contributed by atoms with Crippen LogP contribution in [-0.2, 0) is 0 Å². The minimum atomic E-state index is 0.239. The van der Waals surface area contributed by atoms with Crippen molar-refractivity contribution in [1.29, 1.82) is 0 Å². The number of anilines is 1. The summed E-state index contributed by atoms with van der Waals surface area (Å²) in [6.07, 6.45) is 0. The van der Waals surface area contributed by atoms with Gasteiger partial charge in [0, 0.05) is 0 Å². The van der Waals surface area contributed by atoms with Gasteiger partial charge < -0.3 is 5.73 Å². The highest BCUT2D eigenvalue weighted by molar-refractivity contribution is 6.30. The fraction of sp³-hybridized carbons (Fsp3) is 0. The van der Waals surface area contributed by atoms with Crippen molar-refractivity contribution in [3.63, 3.8) is 0 Å². The largest absolute Gasteiger partial charge is 0.366 e. The first kappa shape index (κ1) is 6.21. The van der Waals surface area contributed by atoms with Gasteiger partial charge in [-0.1, -0.05) is 12.1 Å². The Balaban J connectivity index is 2.90. The van der Waals surface area contributed by atoms with Gasteiger partial charge in [0.1, 0.15) is 7.85 Å². The van der Waals surface area contributed by atoms with Gasteiger partial charge in [0.15, 0.2) is 5.65 Å². The van der Waals surface area contributed by atoms with Crippen LogP contribution in [0.2, 0.25) is 0 Å². The number of nitrogen functional groups attached to an aromatic ring is 1. The van der Waals surface area contributed by atoms with E-state index in [0.29, 0.717) is 11.2 Å². The van der Waals surface area contributed by atoms with E-state index in [9.17, 15) is 0 Å². The maximum Gasteiger partial charge on any atom is 0.240 e. The summed E-state index contributed by atoms with van der Waals surface area (Å²) in [5, 5.41) is 3.87. The van der Waals surface area contributed by atoms with Crippen molar-refractivity contribution in [3.05, 3.63) is 18.2 Å². The van der Waals surface area contributed by atoms with E-state index in [1.54, 1.807) is 18.2 Å². The standard InChI is InChI=1S/C6H5BN4/c7-4-2-1-3-5-9-6(8)10-11(4)5/h1-3H,(H2,8,10). The molecule has 0 spiro atoms. The highest BCUT2D eigenvalue weighted by Crippen LogP contribution is 1.97. The quantitative estimate of drug-likeness (QED) is 0.487. The zero-order chi connectivity index (χ0) is 7.84. The zero-order valence-corrected chi connectivity index (χ0v) is 5.73. The van der Waals surface area contributed by atoms with E-state index in [1.165, 1.54) is 4.52 Å². The lowest BCUT2D eigenvalue weighted by atomic mass is 10.0. The van der Waals surface area contributed by atoms with Gasteiger partial charge in [-0.2, -0.15) is 4.98 Å². The van der Waals surface area contributed by atoms with Gasteiger partial charge in [0.2, 0.25) is 5.95 Å². The van der Waals surface area contributed by atoms with Crippen LogP contribution in [0.1, 0.15) is 0 Å². The van der Waals surface area contributed by atoms with Crippen LogP contribution in [0, 0.1) is 0 Å². The first-order chi connectivity index (χ1) is 5.27. The molecule has 11 heavy (non-hydrogen) atoms. The van der Waals surface area contributed by atoms with Crippen LogP contribution in [0.4, 0.5) is 5.95 Å². The van der Waals surface area contributed by atoms with E-state index in [-0.39, 0.29) is 5.95 Å². The summed E-state index contributed by atoms with van der Waals surface area (Å²) in [6.45, 7) is 0. The number of nitrogens with zero attached hydrogens (tertiary/aromatic N) is 3. The van der Waals surface area contributed by atoms with Crippen molar-refractivity contribution in [2.45, 2.75) is 0 Å². The molecule has 2 aromatic heterocycles. The number of pyridine rings is 1. The molecule has 0 aliphatic rings. The summed E-state index contributed by atoms with van der Waals surface area (Å²) < 4.78 is 1.50. The molecule has 0 aromatic carbocycles. The number of hydrogen-bond donors (Lipinski definition) is 1. The summed E-state index contributed by atoms with van der Waals surface area (Å²) in [5.41, 5.74) is 6.56. The highest BCUT2D eigenvalue weighted by atomic mass is 15.3. The highest BCUT2D eigenvalue weighted by Gasteiger charge is 1.98. The molecule has 0 saturated carbocycles. The molecule has 2 N–H and O–H groups in total. The summed E-state index contributed by atoms with van der Waals surface area (Å²) in [4.78, 5) is 3.92. The number of rotatable bonds is 0. The Morgan fingerprint density at radius 2 is 2.27 bits per heavy atom. The molecule has 2 rings (SSSR count). The van der Waals surface area contributed by atoms with Gasteiger partial charge >= 0.3 is 0 Å². The molecule has 2 aromatic rings. The summed E-state index contributed by atoms with van der Waals surface area (Å²) in [6, 6.07) is 5.33. The summed E-state index contributed by atoms with van der Waals surface area (Å²) >= 11 is 0. The fourth-order valence-electron chi connectivity index (χ4n) is 0.942. The molecule has 5 heteroatoms. The lowest BCUT2D eigenvalue weighted by Crippen LogP contribution is -2.14. The Morgan fingerprint density at radius 3 is 3.00 bits per heavy atom. The predicted molar refractivity (Wildman–Crippen MR) is 42.8 cm³/mol. The third-order valence-electron chi connectivity index (χ3n) is 1.41. The zero-order valence-electron chi connectivity index (χ0n) is 5.73. The van der Waals surface area contributed by atoms with Crippen molar-refractivity contribution < 1.29 is 0 Å². The van der Waals surface area contributed by atoms with E-state index >= 15 is 0 Å². The van der Waals surface area contributed by atoms with Crippen molar-refractivity contribution in [2.24, 2.45) is 0 Å². The monoisotopic (exact) mass is 144 g/mol. The second-order valence-corrected chi connectivity index (χ2v) is 2.19. The molecule has 0 aliphatic carbocycles. The first-order valence-corrected chi connectivity index (χ1v) is 3.14. The van der Waals surface area contributed by atoms with Crippen LogP contribution >= 0.6 is 0 Å². The maximum atomic E-state index is 5.57. The van der Waals surface area contributed by atoms with E-state index < -0.39 is 0 Å². The van der Waals surface area contributed by atoms with Crippen molar-refractivity contribution in [3.8, 4) is 0 Å². The van der Waals surface area contributed by atoms with Crippen LogP contribution in [0.5, 0.6) is 0 Å². The summed E-state index contributed by atoms with van der Waals surface area (Å²) in [5.74, 6) is 0.239. The van der Waals surface area contributed by atoms with Crippen molar-refractivity contribution in [1.82, 2.24) is 14.6 Å². The molecule has 4 nitrogen and oxygen atoms in total. The lowest BCUT2D eigenvalue weighted by molar-refractivity contribution is 0.999. The average molecular weight is 144 g/mol. The molecule has 0 bridgehead atoms. The molecule has 0 atom stereocenters. The Labute approximate surface area is 64.4 Å². The number of aromatic nitrogens is 3. The molecule has 2 heterocycles. The molecule has 0 saturated heterocycles. The first-order valence-electron chi connectivity index (χ1n) is 3.14. The number of nitrogens with two attached hydrogens (primary N) is 1. The molecule has 52 valence electrons. The SMILES string of the molecule is [B]c1cccc2nc(N)nn12. The second-order valence-electron chi connectivity index (χ2n) is 2.19. The summed E-state index contributed by atoms with van der Waals surface area (Å²) in [7, 11) is 5.57. The van der Waals surface area contributed by atoms with Gasteiger partial charge in [-0.25, -0.2) is 4.52 Å². The molecular formula is C6H5BN4. The number of hydrogen-bond acceptors (Lipinski definition) is 3. The van der Waals surface area contributed by atoms with E-state index in [2.05, 4.69) is 10.1 Å². The van der Waals surface area contributed by atoms with Crippen LogP contribution in [0.25, 0.3) is 5.65 Å². The van der Waals surface area contributed by atoms with Gasteiger partial charge in [-0.3, -0.25) is 0 Å². The van der Waals surface area contributed by atoms with Gasteiger partial charge in [-0.15, -0.1) is 5.10 Å². The van der Waals surface area contributed by atoms with Crippen LogP contribution < -0.4 is 11.3 Å². The molecule has 0 fully saturated rings. The van der Waals surface area contributed by atoms with Gasteiger partial charge in [0.25, 0.3) is 0 Å². The molecular weight excluding hydrogens is 139 g/mol. The third-order valence-corrected chi connectivity index (χ3v) is 1.41. The normalized spacial score (nSPS) is 10.5. The average Bonchev–Trinajstić information content (AvgIpc) is 2.31. The second kappa shape index (κ2) is 1.98. The lowest BCUT2D eigenvalue weighted by Gasteiger charge is -1.93. The topological polar surface area (TPSA) is 56.2 Å². The molecule has 0 unspecified atom stereocenters. The van der Waals surface area contributed by atoms with Gasteiger partial charge in [-0.05, 0) is 11.7 Å². The Hall–Kier alpha value is -1.52. The molecule has 2 radical (unpaired) electrons. The Morgan fingerprint density at radius 1 is 1.45 bits per heavy atom. The Bertz CT molecular complexity index is 394. The van der Waals surface area contributed by atoms with Crippen LogP contribution in [-0.4, -0.2) is 22.4 Å². The van der Waals surface area contributed by atoms with Crippen LogP contribution in [0.15, 0.2) is 18.2 Å². The van der Waals surface area contributed by atoms with E-state index in [0.717, 1.165) is 0 Å². The van der Waals surface area contributed by atoms with Gasteiger partial charge in [0.05, 0.1) is 0 Å². The predicted octanol–water partition coefficient (Wildman–Crippen LogP) is -0.895. The van der Waals surface area contributed by atoms with E-state index in [4.69, 9.17) is 13.6 Å². The van der Waals surface area contributed by atoms with Crippen molar-refractivity contribution in [2.75, 3.05) is 5.73 Å². The fourth-order valence-corrected chi connectivity index (χ4v) is 0.942. The Kier molecular flexibility index (Phi) is 1.12. The molecule has 0 aliphatic heterocycles. The van der Waals surface area contributed by atoms with Crippen LogP contribution in [0.3, 0.4) is 0 Å². The molecule has 0 amide bonds. The third kappa shape index (κ3) is 0.850. The van der Waals surface area contributed by atoms with E-state index in [1.807, 2.05) is 0 Å². The van der Waals surface area contributed by atoms with Crippen molar-refractivity contribution >= 4 is 25.0 Å². The minimum absolute atomic E-state index is 0.239.